The number of para-hydroxylation sites is 1. The molecule has 0 saturated heterocycles. The van der Waals surface area contributed by atoms with Crippen LogP contribution in [0.15, 0.2) is 24.3 Å². The van der Waals surface area contributed by atoms with Crippen molar-refractivity contribution in [1.29, 1.82) is 0 Å². The lowest BCUT2D eigenvalue weighted by Crippen LogP contribution is -2.33. The van der Waals surface area contributed by atoms with Crippen LogP contribution in [0.1, 0.15) is 71.9 Å². The van der Waals surface area contributed by atoms with Gasteiger partial charge >= 0.3 is 6.09 Å². The largest absolute Gasteiger partial charge is 0.444 e. The molecule has 0 bridgehead atoms. The molecule has 1 aromatic heterocycles. The molecule has 8 heteroatoms. The SMILES string of the molecule is CC(C)(C)OC(=O)NCCCn1c2ccccc2c2c3c(c4c(c21)CCC(O)CC4)C(=O)NC3=O. The Hall–Kier alpha value is -3.39. The van der Waals surface area contributed by atoms with Crippen molar-refractivity contribution in [3.05, 3.63) is 46.5 Å². The Balaban J connectivity index is 1.61. The van der Waals surface area contributed by atoms with Crippen molar-refractivity contribution in [1.82, 2.24) is 15.2 Å². The van der Waals surface area contributed by atoms with E-state index in [4.69, 9.17) is 4.74 Å². The van der Waals surface area contributed by atoms with Gasteiger partial charge in [0, 0.05) is 29.4 Å². The number of aromatic nitrogens is 1. The van der Waals surface area contributed by atoms with Crippen LogP contribution in [0.2, 0.25) is 0 Å². The number of carbonyl (C=O) groups is 3. The van der Waals surface area contributed by atoms with Crippen molar-refractivity contribution in [2.45, 2.75) is 71.1 Å². The second-order valence-corrected chi connectivity index (χ2v) is 10.4. The zero-order valence-electron chi connectivity index (χ0n) is 20.4. The highest BCUT2D eigenvalue weighted by atomic mass is 16.6. The summed E-state index contributed by atoms with van der Waals surface area (Å²) in [4.78, 5) is 37.9. The number of aliphatic hydroxyl groups excluding tert-OH is 1. The predicted molar refractivity (Wildman–Crippen MR) is 133 cm³/mol. The van der Waals surface area contributed by atoms with E-state index in [-0.39, 0.29) is 11.8 Å². The number of ether oxygens (including phenoxy) is 1. The fraction of sp³-hybridized carbons (Fsp3) is 0.444. The first-order valence-electron chi connectivity index (χ1n) is 12.2. The van der Waals surface area contributed by atoms with Crippen LogP contribution < -0.4 is 10.6 Å². The number of hydrogen-bond donors (Lipinski definition) is 3. The Bertz CT molecular complexity index is 1370. The number of alkyl carbamates (subject to hydrolysis) is 1. The molecule has 184 valence electrons. The molecule has 1 aliphatic carbocycles. The van der Waals surface area contributed by atoms with Crippen LogP contribution in [0, 0.1) is 0 Å². The highest BCUT2D eigenvalue weighted by Gasteiger charge is 2.37. The van der Waals surface area contributed by atoms with Gasteiger partial charge in [-0.05, 0) is 70.1 Å². The number of nitrogens with zero attached hydrogens (tertiary/aromatic N) is 1. The normalized spacial score (nSPS) is 17.8. The van der Waals surface area contributed by atoms with E-state index in [2.05, 4.69) is 15.2 Å². The van der Waals surface area contributed by atoms with Gasteiger partial charge in [-0.15, -0.1) is 0 Å². The Morgan fingerprint density at radius 3 is 2.54 bits per heavy atom. The van der Waals surface area contributed by atoms with Gasteiger partial charge in [-0.25, -0.2) is 4.79 Å². The molecule has 1 aliphatic heterocycles. The van der Waals surface area contributed by atoms with E-state index in [1.54, 1.807) is 0 Å². The average Bonchev–Trinajstić information content (AvgIpc) is 3.18. The molecule has 1 unspecified atom stereocenters. The number of aliphatic hydroxyl groups is 1. The van der Waals surface area contributed by atoms with Crippen molar-refractivity contribution in [3.63, 3.8) is 0 Å². The molecule has 35 heavy (non-hydrogen) atoms. The number of nitrogens with one attached hydrogen (secondary N) is 2. The van der Waals surface area contributed by atoms with Crippen molar-refractivity contribution < 1.29 is 24.2 Å². The number of carbonyl (C=O) groups excluding carboxylic acids is 3. The summed E-state index contributed by atoms with van der Waals surface area (Å²) in [6, 6.07) is 7.91. The average molecular weight is 478 g/mol. The maximum absolute atomic E-state index is 13.0. The molecule has 3 N–H and O–H groups in total. The summed E-state index contributed by atoms with van der Waals surface area (Å²) >= 11 is 0. The minimum Gasteiger partial charge on any atom is -0.444 e. The molecule has 0 fully saturated rings. The Labute approximate surface area is 203 Å². The number of fused-ring (bicyclic) bond motifs is 8. The number of aryl methyl sites for hydroxylation is 2. The summed E-state index contributed by atoms with van der Waals surface area (Å²) in [5.74, 6) is -0.713. The maximum Gasteiger partial charge on any atom is 0.407 e. The van der Waals surface area contributed by atoms with Crippen LogP contribution in [0.4, 0.5) is 4.79 Å². The fourth-order valence-corrected chi connectivity index (χ4v) is 5.43. The van der Waals surface area contributed by atoms with Crippen LogP contribution in [-0.2, 0) is 24.1 Å². The van der Waals surface area contributed by atoms with E-state index in [0.29, 0.717) is 56.3 Å². The number of hydrogen-bond acceptors (Lipinski definition) is 5. The van der Waals surface area contributed by atoms with Gasteiger partial charge in [-0.3, -0.25) is 14.9 Å². The number of imide groups is 1. The second-order valence-electron chi connectivity index (χ2n) is 10.4. The van der Waals surface area contributed by atoms with Crippen LogP contribution in [0.5, 0.6) is 0 Å². The van der Waals surface area contributed by atoms with E-state index < -0.39 is 17.8 Å². The first-order valence-corrected chi connectivity index (χ1v) is 12.2. The molecule has 3 aromatic rings. The molecular formula is C27H31N3O5. The zero-order valence-corrected chi connectivity index (χ0v) is 20.4. The summed E-state index contributed by atoms with van der Waals surface area (Å²) in [6.07, 6.45) is 2.13. The van der Waals surface area contributed by atoms with E-state index >= 15 is 0 Å². The van der Waals surface area contributed by atoms with E-state index in [1.807, 2.05) is 45.0 Å². The van der Waals surface area contributed by atoms with Crippen LogP contribution in [0.25, 0.3) is 21.8 Å². The van der Waals surface area contributed by atoms with Gasteiger partial charge in [0.2, 0.25) is 0 Å². The fourth-order valence-electron chi connectivity index (χ4n) is 5.43. The number of rotatable bonds is 4. The third-order valence-electron chi connectivity index (χ3n) is 6.79. The topological polar surface area (TPSA) is 110 Å². The number of benzene rings is 2. The van der Waals surface area contributed by atoms with E-state index in [0.717, 1.165) is 32.9 Å². The van der Waals surface area contributed by atoms with Gasteiger partial charge in [-0.1, -0.05) is 18.2 Å². The molecule has 2 heterocycles. The standard InChI is InChI=1S/C27H31N3O5/c1-27(2,3)35-26(34)28-13-6-14-30-19-8-5-4-7-18(19)20-22-21(24(32)29-25(22)33)16-11-9-15(31)10-12-17(16)23(20)30/h4-5,7-8,15,31H,6,9-14H2,1-3H3,(H,28,34)(H,29,32,33). The Morgan fingerprint density at radius 2 is 1.80 bits per heavy atom. The van der Waals surface area contributed by atoms with Crippen molar-refractivity contribution in [2.24, 2.45) is 0 Å². The predicted octanol–water partition coefficient (Wildman–Crippen LogP) is 3.83. The highest BCUT2D eigenvalue weighted by molar-refractivity contribution is 6.31. The molecule has 1 atom stereocenters. The molecule has 3 amide bonds. The van der Waals surface area contributed by atoms with Crippen molar-refractivity contribution in [2.75, 3.05) is 6.54 Å². The monoisotopic (exact) mass is 477 g/mol. The molecule has 0 saturated carbocycles. The first kappa shape index (κ1) is 23.4. The summed E-state index contributed by atoms with van der Waals surface area (Å²) < 4.78 is 7.53. The first-order chi connectivity index (χ1) is 16.7. The van der Waals surface area contributed by atoms with Gasteiger partial charge < -0.3 is 19.7 Å². The van der Waals surface area contributed by atoms with Crippen molar-refractivity contribution >= 4 is 39.7 Å². The third-order valence-corrected chi connectivity index (χ3v) is 6.79. The Morgan fingerprint density at radius 1 is 1.11 bits per heavy atom. The maximum atomic E-state index is 13.0. The Kier molecular flexibility index (Phi) is 5.79. The third kappa shape index (κ3) is 4.16. The van der Waals surface area contributed by atoms with Gasteiger partial charge in [0.25, 0.3) is 11.8 Å². The quantitative estimate of drug-likeness (QED) is 0.301. The van der Waals surface area contributed by atoms with Gasteiger partial charge in [-0.2, -0.15) is 0 Å². The molecule has 0 spiro atoms. The molecule has 0 radical (unpaired) electrons. The lowest BCUT2D eigenvalue weighted by atomic mass is 9.89. The summed E-state index contributed by atoms with van der Waals surface area (Å²) in [5.41, 5.74) is 4.21. The highest BCUT2D eigenvalue weighted by Crippen LogP contribution is 2.42. The summed E-state index contributed by atoms with van der Waals surface area (Å²) in [7, 11) is 0. The van der Waals surface area contributed by atoms with Crippen LogP contribution in [-0.4, -0.2) is 45.8 Å². The van der Waals surface area contributed by atoms with Gasteiger partial charge in [0.15, 0.2) is 0 Å². The van der Waals surface area contributed by atoms with Crippen LogP contribution in [0.3, 0.4) is 0 Å². The zero-order chi connectivity index (χ0) is 24.9. The van der Waals surface area contributed by atoms with Crippen molar-refractivity contribution in [3.8, 4) is 0 Å². The second kappa shape index (κ2) is 8.68. The van der Waals surface area contributed by atoms with Gasteiger partial charge in [0.1, 0.15) is 5.60 Å². The van der Waals surface area contributed by atoms with Gasteiger partial charge in [0.05, 0.1) is 22.7 Å². The molecular weight excluding hydrogens is 446 g/mol. The molecule has 5 rings (SSSR count). The van der Waals surface area contributed by atoms with E-state index in [1.165, 1.54) is 0 Å². The molecule has 2 aromatic carbocycles. The summed E-state index contributed by atoms with van der Waals surface area (Å²) in [5, 5.41) is 17.4. The minimum atomic E-state index is -0.558. The lowest BCUT2D eigenvalue weighted by molar-refractivity contribution is 0.0526. The summed E-state index contributed by atoms with van der Waals surface area (Å²) in [6.45, 7) is 6.53. The van der Waals surface area contributed by atoms with Crippen LogP contribution >= 0.6 is 0 Å². The lowest BCUT2D eigenvalue weighted by Gasteiger charge is -2.20. The smallest absolute Gasteiger partial charge is 0.407 e. The molecule has 8 nitrogen and oxygen atoms in total. The minimum absolute atomic E-state index is 0.349. The number of amides is 3. The van der Waals surface area contributed by atoms with E-state index in [9.17, 15) is 19.5 Å². The molecule has 2 aliphatic rings.